The van der Waals surface area contributed by atoms with Crippen molar-refractivity contribution in [3.63, 3.8) is 0 Å². The normalized spacial score (nSPS) is 11.4. The van der Waals surface area contributed by atoms with E-state index in [2.05, 4.69) is 15.3 Å². The second kappa shape index (κ2) is 5.42. The van der Waals surface area contributed by atoms with Gasteiger partial charge >= 0.3 is 0 Å². The molecule has 0 aliphatic heterocycles. The highest BCUT2D eigenvalue weighted by Crippen LogP contribution is 2.09. The van der Waals surface area contributed by atoms with Crippen LogP contribution in [0.4, 0.5) is 5.82 Å². The van der Waals surface area contributed by atoms with E-state index < -0.39 is 10.0 Å². The molecule has 0 spiro atoms. The second-order valence-corrected chi connectivity index (χ2v) is 5.38. The SMILES string of the molecule is Cc1cc(NCCCS(N)(=O)=O)nc(Cl)n1. The smallest absolute Gasteiger partial charge is 0.224 e. The van der Waals surface area contributed by atoms with Gasteiger partial charge in [-0.05, 0) is 24.9 Å². The van der Waals surface area contributed by atoms with Gasteiger partial charge in [0.25, 0.3) is 0 Å². The fraction of sp³-hybridized carbons (Fsp3) is 0.500. The predicted molar refractivity (Wildman–Crippen MR) is 62.9 cm³/mol. The Balaban J connectivity index is 2.43. The molecule has 0 saturated carbocycles. The van der Waals surface area contributed by atoms with Crippen LogP contribution in [-0.4, -0.2) is 30.7 Å². The van der Waals surface area contributed by atoms with Gasteiger partial charge in [0.05, 0.1) is 5.75 Å². The maximum atomic E-state index is 10.7. The quantitative estimate of drug-likeness (QED) is 0.597. The average Bonchev–Trinajstić information content (AvgIpc) is 2.09. The lowest BCUT2D eigenvalue weighted by Gasteiger charge is -2.05. The van der Waals surface area contributed by atoms with Crippen LogP contribution in [-0.2, 0) is 10.0 Å². The van der Waals surface area contributed by atoms with Gasteiger partial charge in [-0.25, -0.2) is 23.5 Å². The van der Waals surface area contributed by atoms with Crippen molar-refractivity contribution in [3.05, 3.63) is 17.0 Å². The number of halogens is 1. The van der Waals surface area contributed by atoms with E-state index >= 15 is 0 Å². The minimum absolute atomic E-state index is 0.0577. The van der Waals surface area contributed by atoms with Crippen LogP contribution in [0.3, 0.4) is 0 Å². The number of sulfonamides is 1. The van der Waals surface area contributed by atoms with Crippen LogP contribution < -0.4 is 10.5 Å². The van der Waals surface area contributed by atoms with Gasteiger partial charge in [0.15, 0.2) is 0 Å². The molecule has 1 aromatic rings. The summed E-state index contributed by atoms with van der Waals surface area (Å²) in [5, 5.41) is 7.97. The largest absolute Gasteiger partial charge is 0.370 e. The van der Waals surface area contributed by atoms with Gasteiger partial charge in [-0.15, -0.1) is 0 Å². The van der Waals surface area contributed by atoms with Crippen LogP contribution in [0.1, 0.15) is 12.1 Å². The zero-order valence-corrected chi connectivity index (χ0v) is 10.3. The number of nitrogens with zero attached hydrogens (tertiary/aromatic N) is 2. The molecule has 0 atom stereocenters. The van der Waals surface area contributed by atoms with E-state index in [1.807, 2.05) is 0 Å². The van der Waals surface area contributed by atoms with Gasteiger partial charge in [0, 0.05) is 18.3 Å². The molecule has 0 bridgehead atoms. The summed E-state index contributed by atoms with van der Waals surface area (Å²) >= 11 is 5.66. The van der Waals surface area contributed by atoms with Crippen molar-refractivity contribution < 1.29 is 8.42 Å². The van der Waals surface area contributed by atoms with E-state index in [9.17, 15) is 8.42 Å². The number of aromatic nitrogens is 2. The molecule has 90 valence electrons. The highest BCUT2D eigenvalue weighted by molar-refractivity contribution is 7.89. The van der Waals surface area contributed by atoms with E-state index in [1.165, 1.54) is 0 Å². The summed E-state index contributed by atoms with van der Waals surface area (Å²) in [6.07, 6.45) is 0.416. The lowest BCUT2D eigenvalue weighted by atomic mass is 10.4. The van der Waals surface area contributed by atoms with Gasteiger partial charge in [0.1, 0.15) is 5.82 Å². The minimum atomic E-state index is -3.39. The molecule has 6 nitrogen and oxygen atoms in total. The molecule has 0 aromatic carbocycles. The Labute approximate surface area is 99.3 Å². The summed E-state index contributed by atoms with van der Waals surface area (Å²) in [4.78, 5) is 7.83. The molecular weight excluding hydrogens is 252 g/mol. The number of nitrogens with two attached hydrogens (primary N) is 1. The molecule has 0 unspecified atom stereocenters. The topological polar surface area (TPSA) is 98.0 Å². The molecule has 0 amide bonds. The summed E-state index contributed by atoms with van der Waals surface area (Å²) in [6.45, 7) is 2.26. The van der Waals surface area contributed by atoms with Crippen LogP contribution in [0, 0.1) is 6.92 Å². The molecule has 0 aliphatic carbocycles. The van der Waals surface area contributed by atoms with Crippen molar-refractivity contribution >= 4 is 27.4 Å². The average molecular weight is 265 g/mol. The van der Waals surface area contributed by atoms with Crippen molar-refractivity contribution in [2.45, 2.75) is 13.3 Å². The van der Waals surface area contributed by atoms with Crippen LogP contribution in [0.15, 0.2) is 6.07 Å². The first-order chi connectivity index (χ1) is 7.37. The van der Waals surface area contributed by atoms with Gasteiger partial charge in [-0.2, -0.15) is 0 Å². The highest BCUT2D eigenvalue weighted by atomic mass is 35.5. The van der Waals surface area contributed by atoms with Crippen molar-refractivity contribution in [3.8, 4) is 0 Å². The van der Waals surface area contributed by atoms with Crippen LogP contribution in [0.5, 0.6) is 0 Å². The van der Waals surface area contributed by atoms with Crippen molar-refractivity contribution in [1.29, 1.82) is 0 Å². The number of rotatable bonds is 5. The lowest BCUT2D eigenvalue weighted by molar-refractivity contribution is 0.595. The molecule has 0 radical (unpaired) electrons. The summed E-state index contributed by atoms with van der Waals surface area (Å²) in [5.41, 5.74) is 0.744. The van der Waals surface area contributed by atoms with E-state index in [4.69, 9.17) is 16.7 Å². The first-order valence-electron chi connectivity index (χ1n) is 4.62. The lowest BCUT2D eigenvalue weighted by Crippen LogP contribution is -2.18. The second-order valence-electron chi connectivity index (χ2n) is 3.31. The predicted octanol–water partition coefficient (Wildman–Crippen LogP) is 0.529. The van der Waals surface area contributed by atoms with Crippen LogP contribution in [0.2, 0.25) is 5.28 Å². The fourth-order valence-corrected chi connectivity index (χ4v) is 1.88. The minimum Gasteiger partial charge on any atom is -0.370 e. The molecule has 1 heterocycles. The third-order valence-corrected chi connectivity index (χ3v) is 2.77. The maximum absolute atomic E-state index is 10.7. The zero-order valence-electron chi connectivity index (χ0n) is 8.77. The van der Waals surface area contributed by atoms with Gasteiger partial charge in [-0.1, -0.05) is 0 Å². The number of primary sulfonamides is 1. The number of aryl methyl sites for hydroxylation is 1. The van der Waals surface area contributed by atoms with Crippen LogP contribution in [0.25, 0.3) is 0 Å². The first kappa shape index (κ1) is 13.1. The highest BCUT2D eigenvalue weighted by Gasteiger charge is 2.03. The number of nitrogens with one attached hydrogen (secondary N) is 1. The Bertz CT molecular complexity index is 443. The molecule has 3 N–H and O–H groups in total. The van der Waals surface area contributed by atoms with E-state index in [0.717, 1.165) is 5.69 Å². The molecule has 8 heteroatoms. The molecule has 0 aliphatic rings. The Morgan fingerprint density at radius 3 is 2.75 bits per heavy atom. The molecule has 1 rings (SSSR count). The summed E-state index contributed by atoms with van der Waals surface area (Å²) in [6, 6.07) is 1.73. The van der Waals surface area contributed by atoms with E-state index in [0.29, 0.717) is 18.8 Å². The van der Waals surface area contributed by atoms with Crippen LogP contribution >= 0.6 is 11.6 Å². The summed E-state index contributed by atoms with van der Waals surface area (Å²) in [5.74, 6) is 0.518. The Hall–Kier alpha value is -0.920. The Morgan fingerprint density at radius 2 is 2.19 bits per heavy atom. The van der Waals surface area contributed by atoms with Crippen molar-refractivity contribution in [2.75, 3.05) is 17.6 Å². The van der Waals surface area contributed by atoms with Gasteiger partial charge < -0.3 is 5.32 Å². The Kier molecular flexibility index (Phi) is 4.45. The molecule has 0 fully saturated rings. The zero-order chi connectivity index (χ0) is 12.2. The number of hydrogen-bond donors (Lipinski definition) is 2. The maximum Gasteiger partial charge on any atom is 0.224 e. The van der Waals surface area contributed by atoms with Crippen molar-refractivity contribution in [2.24, 2.45) is 5.14 Å². The number of anilines is 1. The molecule has 1 aromatic heterocycles. The van der Waals surface area contributed by atoms with E-state index in [1.54, 1.807) is 13.0 Å². The third kappa shape index (κ3) is 5.24. The summed E-state index contributed by atoms with van der Waals surface area (Å²) in [7, 11) is -3.39. The monoisotopic (exact) mass is 264 g/mol. The van der Waals surface area contributed by atoms with Gasteiger partial charge in [0.2, 0.25) is 15.3 Å². The van der Waals surface area contributed by atoms with Crippen molar-refractivity contribution in [1.82, 2.24) is 9.97 Å². The third-order valence-electron chi connectivity index (χ3n) is 1.74. The Morgan fingerprint density at radius 1 is 1.50 bits per heavy atom. The van der Waals surface area contributed by atoms with E-state index in [-0.39, 0.29) is 11.0 Å². The fourth-order valence-electron chi connectivity index (χ4n) is 1.11. The number of hydrogen-bond acceptors (Lipinski definition) is 5. The molecule has 16 heavy (non-hydrogen) atoms. The van der Waals surface area contributed by atoms with Gasteiger partial charge in [-0.3, -0.25) is 0 Å². The first-order valence-corrected chi connectivity index (χ1v) is 6.72. The standard InChI is InChI=1S/C8H13ClN4O2S/c1-6-5-7(13-8(9)12-6)11-3-2-4-16(10,14)15/h5H,2-4H2,1H3,(H2,10,14,15)(H,11,12,13). The summed E-state index contributed by atoms with van der Waals surface area (Å²) < 4.78 is 21.3. The molecular formula is C8H13ClN4O2S. The molecule has 0 saturated heterocycles.